The predicted molar refractivity (Wildman–Crippen MR) is 128 cm³/mol. The Morgan fingerprint density at radius 3 is 2.78 bits per heavy atom. The lowest BCUT2D eigenvalue weighted by Gasteiger charge is -2.28. The molecule has 1 aliphatic rings. The Morgan fingerprint density at radius 2 is 2.00 bits per heavy atom. The average molecular weight is 509 g/mol. The summed E-state index contributed by atoms with van der Waals surface area (Å²) in [4.78, 5) is 21.1. The van der Waals surface area contributed by atoms with Crippen molar-refractivity contribution in [2.24, 2.45) is 7.05 Å². The highest BCUT2D eigenvalue weighted by Gasteiger charge is 2.38. The van der Waals surface area contributed by atoms with Crippen LogP contribution in [0.1, 0.15) is 39.8 Å². The summed E-state index contributed by atoms with van der Waals surface area (Å²) in [6.07, 6.45) is -1.12. The molecular weight excluding hydrogens is 487 g/mol. The molecule has 1 aliphatic heterocycles. The van der Waals surface area contributed by atoms with E-state index in [1.165, 1.54) is 12.4 Å². The van der Waals surface area contributed by atoms with Gasteiger partial charge in [0.1, 0.15) is 17.8 Å². The largest absolute Gasteiger partial charge is 0.492 e. The van der Waals surface area contributed by atoms with Crippen LogP contribution in [-0.2, 0) is 19.8 Å². The van der Waals surface area contributed by atoms with E-state index in [0.29, 0.717) is 47.1 Å². The third kappa shape index (κ3) is 5.08. The highest BCUT2D eigenvalue weighted by Crippen LogP contribution is 2.42. The van der Waals surface area contributed by atoms with E-state index in [-0.39, 0.29) is 12.4 Å². The zero-order valence-corrected chi connectivity index (χ0v) is 19.7. The van der Waals surface area contributed by atoms with Gasteiger partial charge in [0, 0.05) is 36.5 Å². The van der Waals surface area contributed by atoms with E-state index >= 15 is 0 Å². The zero-order valence-electron chi connectivity index (χ0n) is 19.7. The maximum atomic E-state index is 13.4. The van der Waals surface area contributed by atoms with E-state index in [9.17, 15) is 18.0 Å². The van der Waals surface area contributed by atoms with Gasteiger partial charge in [-0.05, 0) is 30.3 Å². The normalized spacial score (nSPS) is 15.0. The molecule has 3 heterocycles. The van der Waals surface area contributed by atoms with Crippen molar-refractivity contribution in [3.05, 3.63) is 83.6 Å². The summed E-state index contributed by atoms with van der Waals surface area (Å²) in [6.45, 7) is 0.411. The molecule has 4 aromatic rings. The van der Waals surface area contributed by atoms with Gasteiger partial charge in [0.25, 0.3) is 5.91 Å². The molecule has 2 aromatic heterocycles. The fraction of sp³-hybridized carbons (Fsp3) is 0.240. The number of halogens is 3. The number of alkyl halides is 3. The number of ether oxygens (including phenoxy) is 1. The van der Waals surface area contributed by atoms with Gasteiger partial charge in [0.15, 0.2) is 11.6 Å². The van der Waals surface area contributed by atoms with Crippen molar-refractivity contribution in [1.29, 1.82) is 0 Å². The summed E-state index contributed by atoms with van der Waals surface area (Å²) in [7, 11) is 1.83. The Kier molecular flexibility index (Phi) is 6.47. The van der Waals surface area contributed by atoms with Gasteiger partial charge in [0.05, 0.1) is 24.8 Å². The van der Waals surface area contributed by atoms with Crippen LogP contribution in [0.4, 0.5) is 18.9 Å². The van der Waals surface area contributed by atoms with Crippen molar-refractivity contribution < 1.29 is 22.7 Å². The van der Waals surface area contributed by atoms with Crippen molar-refractivity contribution in [3.63, 3.8) is 0 Å². The number of amides is 1. The molecule has 1 atom stereocenters. The Morgan fingerprint density at radius 1 is 1.16 bits per heavy atom. The van der Waals surface area contributed by atoms with Crippen LogP contribution in [0, 0.1) is 0 Å². The maximum Gasteiger partial charge on any atom is 0.419 e. The molecule has 5 rings (SSSR count). The molecule has 0 bridgehead atoms. The number of nitrogens with one attached hydrogen (secondary N) is 2. The molecule has 2 aromatic carbocycles. The zero-order chi connectivity index (χ0) is 26.0. The molecule has 9 nitrogen and oxygen atoms in total. The quantitative estimate of drug-likeness (QED) is 0.402. The fourth-order valence-corrected chi connectivity index (χ4v) is 4.15. The first-order chi connectivity index (χ1) is 17.8. The summed E-state index contributed by atoms with van der Waals surface area (Å²) < 4.78 is 47.3. The SMILES string of the molecule is Cn1c(CNc2cccc(C(=O)N[C@H]3CCOc4c3cccc4C(F)(F)F)c2)nnc1-c1ccncn1. The highest BCUT2D eigenvalue weighted by molar-refractivity contribution is 5.95. The number of nitrogens with zero attached hydrogens (tertiary/aromatic N) is 5. The molecule has 0 fully saturated rings. The van der Waals surface area contributed by atoms with Crippen LogP contribution in [0.15, 0.2) is 61.1 Å². The Bertz CT molecular complexity index is 1420. The van der Waals surface area contributed by atoms with Gasteiger partial charge in [-0.2, -0.15) is 13.2 Å². The van der Waals surface area contributed by atoms with Gasteiger partial charge in [-0.3, -0.25) is 4.79 Å². The van der Waals surface area contributed by atoms with Crippen LogP contribution in [0.3, 0.4) is 0 Å². The molecule has 0 spiro atoms. The number of aromatic nitrogens is 5. The molecule has 1 amide bonds. The second-order valence-electron chi connectivity index (χ2n) is 8.41. The third-order valence-corrected chi connectivity index (χ3v) is 6.04. The number of benzene rings is 2. The van der Waals surface area contributed by atoms with E-state index in [4.69, 9.17) is 4.74 Å². The molecule has 0 saturated heterocycles. The number of carbonyl (C=O) groups excluding carboxylic acids is 1. The smallest absolute Gasteiger partial charge is 0.419 e. The minimum Gasteiger partial charge on any atom is -0.492 e. The number of carbonyl (C=O) groups is 1. The van der Waals surface area contributed by atoms with Gasteiger partial charge < -0.3 is 19.9 Å². The minimum atomic E-state index is -4.55. The second kappa shape index (κ2) is 9.88. The van der Waals surface area contributed by atoms with Crippen molar-refractivity contribution in [1.82, 2.24) is 30.0 Å². The summed E-state index contributed by atoms with van der Waals surface area (Å²) in [5.74, 6) is 0.621. The number of hydrogen-bond acceptors (Lipinski definition) is 7. The monoisotopic (exact) mass is 509 g/mol. The number of rotatable bonds is 6. The number of anilines is 1. The topological polar surface area (TPSA) is 107 Å². The first-order valence-corrected chi connectivity index (χ1v) is 11.4. The molecule has 2 N–H and O–H groups in total. The van der Waals surface area contributed by atoms with Crippen molar-refractivity contribution >= 4 is 11.6 Å². The van der Waals surface area contributed by atoms with E-state index < -0.39 is 23.7 Å². The average Bonchev–Trinajstić information content (AvgIpc) is 3.27. The minimum absolute atomic E-state index is 0.0708. The summed E-state index contributed by atoms with van der Waals surface area (Å²) in [5, 5.41) is 14.5. The first kappa shape index (κ1) is 24.2. The van der Waals surface area contributed by atoms with Gasteiger partial charge >= 0.3 is 6.18 Å². The van der Waals surface area contributed by atoms with Crippen LogP contribution in [0.25, 0.3) is 11.5 Å². The number of para-hydroxylation sites is 1. The van der Waals surface area contributed by atoms with E-state index in [2.05, 4.69) is 30.8 Å². The lowest BCUT2D eigenvalue weighted by molar-refractivity contribution is -0.139. The van der Waals surface area contributed by atoms with E-state index in [1.807, 2.05) is 11.6 Å². The molecule has 0 radical (unpaired) electrons. The molecule has 0 unspecified atom stereocenters. The third-order valence-electron chi connectivity index (χ3n) is 6.04. The van der Waals surface area contributed by atoms with Crippen LogP contribution in [0.2, 0.25) is 0 Å². The predicted octanol–water partition coefficient (Wildman–Crippen LogP) is 4.16. The Labute approximate surface area is 209 Å². The fourth-order valence-electron chi connectivity index (χ4n) is 4.15. The number of fused-ring (bicyclic) bond motifs is 1. The molecular formula is C25H22F3N7O2. The van der Waals surface area contributed by atoms with Crippen LogP contribution < -0.4 is 15.4 Å². The molecule has 12 heteroatoms. The van der Waals surface area contributed by atoms with Gasteiger partial charge in [-0.15, -0.1) is 10.2 Å². The van der Waals surface area contributed by atoms with Crippen LogP contribution >= 0.6 is 0 Å². The standard InChI is InChI=1S/C25H22F3N7O2/c1-35-21(33-34-23(35)20-8-10-29-14-31-20)13-30-16-5-2-4-15(12-16)24(36)32-19-9-11-37-22-17(19)6-3-7-18(22)25(26,27)28/h2-8,10,12,14,19,30H,9,11,13H2,1H3,(H,32,36)/t19-/m0/s1. The Balaban J connectivity index is 1.28. The lowest BCUT2D eigenvalue weighted by atomic mass is 9.97. The van der Waals surface area contributed by atoms with Crippen LogP contribution in [-0.4, -0.2) is 37.2 Å². The first-order valence-electron chi connectivity index (χ1n) is 11.4. The van der Waals surface area contributed by atoms with E-state index in [1.54, 1.807) is 42.6 Å². The second-order valence-corrected chi connectivity index (χ2v) is 8.41. The van der Waals surface area contributed by atoms with Crippen molar-refractivity contribution in [2.75, 3.05) is 11.9 Å². The maximum absolute atomic E-state index is 13.4. The van der Waals surface area contributed by atoms with Crippen molar-refractivity contribution in [2.45, 2.75) is 25.2 Å². The molecule has 0 aliphatic carbocycles. The molecule has 37 heavy (non-hydrogen) atoms. The van der Waals surface area contributed by atoms with Crippen LogP contribution in [0.5, 0.6) is 5.75 Å². The van der Waals surface area contributed by atoms with Gasteiger partial charge in [-0.25, -0.2) is 9.97 Å². The van der Waals surface area contributed by atoms with Crippen molar-refractivity contribution in [3.8, 4) is 17.3 Å². The van der Waals surface area contributed by atoms with E-state index in [0.717, 1.165) is 6.07 Å². The highest BCUT2D eigenvalue weighted by atomic mass is 19.4. The van der Waals surface area contributed by atoms with Gasteiger partial charge in [0.2, 0.25) is 0 Å². The lowest BCUT2D eigenvalue weighted by Crippen LogP contribution is -2.32. The molecule has 0 saturated carbocycles. The summed E-state index contributed by atoms with van der Waals surface area (Å²) >= 11 is 0. The summed E-state index contributed by atoms with van der Waals surface area (Å²) in [6, 6.07) is 11.8. The van der Waals surface area contributed by atoms with Gasteiger partial charge in [-0.1, -0.05) is 18.2 Å². The summed E-state index contributed by atoms with van der Waals surface area (Å²) in [5.41, 5.74) is 1.15. The molecule has 190 valence electrons. The number of hydrogen-bond donors (Lipinski definition) is 2. The Hall–Kier alpha value is -4.48.